The van der Waals surface area contributed by atoms with Crippen molar-refractivity contribution in [1.29, 1.82) is 0 Å². The van der Waals surface area contributed by atoms with E-state index in [-0.39, 0.29) is 11.7 Å². The molecular formula is C19H23FN4O. The van der Waals surface area contributed by atoms with Crippen LogP contribution in [0.4, 0.5) is 4.39 Å². The summed E-state index contributed by atoms with van der Waals surface area (Å²) in [5.74, 6) is 0.295. The van der Waals surface area contributed by atoms with Crippen LogP contribution in [0.1, 0.15) is 22.8 Å². The van der Waals surface area contributed by atoms with E-state index in [0.717, 1.165) is 12.1 Å². The minimum atomic E-state index is -0.257. The van der Waals surface area contributed by atoms with E-state index in [1.54, 1.807) is 24.3 Å². The number of carbonyl (C=O) groups excluding carboxylic acids is 1. The van der Waals surface area contributed by atoms with Gasteiger partial charge in [0.1, 0.15) is 5.82 Å². The minimum absolute atomic E-state index is 0.101. The lowest BCUT2D eigenvalue weighted by Crippen LogP contribution is -2.41. The summed E-state index contributed by atoms with van der Waals surface area (Å²) in [6, 6.07) is 15.4. The third-order valence-electron chi connectivity index (χ3n) is 3.42. The maximum atomic E-state index is 12.9. The van der Waals surface area contributed by atoms with Crippen LogP contribution in [0, 0.1) is 5.82 Å². The van der Waals surface area contributed by atoms with Crippen molar-refractivity contribution in [2.45, 2.75) is 13.5 Å². The molecule has 0 aliphatic rings. The maximum absolute atomic E-state index is 12.9. The van der Waals surface area contributed by atoms with Crippen molar-refractivity contribution >= 4 is 11.9 Å². The van der Waals surface area contributed by atoms with Gasteiger partial charge in [-0.15, -0.1) is 0 Å². The Bertz CT molecular complexity index is 686. The van der Waals surface area contributed by atoms with E-state index in [2.05, 4.69) is 20.9 Å². The van der Waals surface area contributed by atoms with E-state index >= 15 is 0 Å². The van der Waals surface area contributed by atoms with E-state index in [4.69, 9.17) is 0 Å². The Labute approximate surface area is 147 Å². The summed E-state index contributed by atoms with van der Waals surface area (Å²) in [4.78, 5) is 16.4. The molecule has 1 amide bonds. The van der Waals surface area contributed by atoms with Crippen LogP contribution in [0.3, 0.4) is 0 Å². The van der Waals surface area contributed by atoms with Gasteiger partial charge in [0.05, 0.1) is 6.54 Å². The lowest BCUT2D eigenvalue weighted by Gasteiger charge is -2.12. The van der Waals surface area contributed by atoms with Gasteiger partial charge in [-0.1, -0.05) is 30.3 Å². The van der Waals surface area contributed by atoms with E-state index < -0.39 is 0 Å². The van der Waals surface area contributed by atoms with Gasteiger partial charge in [-0.05, 0) is 36.8 Å². The standard InChI is InChI=1S/C19H23FN4O/c1-2-21-19(24-14-15-8-10-17(20)11-9-15)23-13-12-22-18(25)16-6-4-3-5-7-16/h3-11H,2,12-14H2,1H3,(H,22,25)(H2,21,23,24). The monoisotopic (exact) mass is 342 g/mol. The first-order valence-corrected chi connectivity index (χ1v) is 8.29. The average Bonchev–Trinajstić information content (AvgIpc) is 2.65. The molecule has 5 nitrogen and oxygen atoms in total. The fourth-order valence-corrected chi connectivity index (χ4v) is 2.15. The van der Waals surface area contributed by atoms with Gasteiger partial charge >= 0.3 is 0 Å². The summed E-state index contributed by atoms with van der Waals surface area (Å²) >= 11 is 0. The van der Waals surface area contributed by atoms with Gasteiger partial charge in [-0.2, -0.15) is 0 Å². The van der Waals surface area contributed by atoms with Crippen molar-refractivity contribution < 1.29 is 9.18 Å². The molecule has 2 aromatic rings. The summed E-state index contributed by atoms with van der Waals surface area (Å²) < 4.78 is 12.9. The molecule has 6 heteroatoms. The molecule has 2 rings (SSSR count). The van der Waals surface area contributed by atoms with Crippen LogP contribution in [0.25, 0.3) is 0 Å². The van der Waals surface area contributed by atoms with Gasteiger partial charge in [0.15, 0.2) is 5.96 Å². The van der Waals surface area contributed by atoms with Gasteiger partial charge in [-0.3, -0.25) is 4.79 Å². The largest absolute Gasteiger partial charge is 0.357 e. The van der Waals surface area contributed by atoms with E-state index in [1.165, 1.54) is 12.1 Å². The van der Waals surface area contributed by atoms with Crippen molar-refractivity contribution in [1.82, 2.24) is 16.0 Å². The van der Waals surface area contributed by atoms with Crippen LogP contribution in [0.2, 0.25) is 0 Å². The average molecular weight is 342 g/mol. The minimum Gasteiger partial charge on any atom is -0.357 e. The summed E-state index contributed by atoms with van der Waals surface area (Å²) in [6.07, 6.45) is 0. The molecular weight excluding hydrogens is 319 g/mol. The van der Waals surface area contributed by atoms with Crippen LogP contribution >= 0.6 is 0 Å². The molecule has 0 saturated carbocycles. The third kappa shape index (κ3) is 6.63. The summed E-state index contributed by atoms with van der Waals surface area (Å²) in [6.45, 7) is 4.19. The number of nitrogens with one attached hydrogen (secondary N) is 3. The Hall–Kier alpha value is -2.89. The molecule has 0 unspecified atom stereocenters. The number of hydrogen-bond acceptors (Lipinski definition) is 2. The number of aliphatic imine (C=N–C) groups is 1. The molecule has 0 radical (unpaired) electrons. The zero-order valence-electron chi connectivity index (χ0n) is 14.3. The second kappa shape index (κ2) is 10.1. The molecule has 0 aromatic heterocycles. The number of nitrogens with zero attached hydrogens (tertiary/aromatic N) is 1. The SMILES string of the molecule is CCNC(=NCc1ccc(F)cc1)NCCNC(=O)c1ccccc1. The molecule has 2 aromatic carbocycles. The van der Waals surface area contributed by atoms with Gasteiger partial charge in [-0.25, -0.2) is 9.38 Å². The Morgan fingerprint density at radius 2 is 1.64 bits per heavy atom. The number of benzene rings is 2. The quantitative estimate of drug-likeness (QED) is 0.411. The summed E-state index contributed by atoms with van der Waals surface area (Å²) in [5, 5.41) is 9.15. The lowest BCUT2D eigenvalue weighted by atomic mass is 10.2. The molecule has 25 heavy (non-hydrogen) atoms. The second-order valence-electron chi connectivity index (χ2n) is 5.37. The molecule has 132 valence electrons. The Balaban J connectivity index is 1.78. The normalized spacial score (nSPS) is 11.0. The van der Waals surface area contributed by atoms with Gasteiger partial charge in [0, 0.05) is 25.2 Å². The smallest absolute Gasteiger partial charge is 0.251 e. The number of halogens is 1. The number of carbonyl (C=O) groups is 1. The predicted octanol–water partition coefficient (Wildman–Crippen LogP) is 2.31. The van der Waals surface area contributed by atoms with Crippen molar-refractivity contribution in [3.05, 3.63) is 71.5 Å². The fraction of sp³-hybridized carbons (Fsp3) is 0.263. The fourth-order valence-electron chi connectivity index (χ4n) is 2.15. The highest BCUT2D eigenvalue weighted by molar-refractivity contribution is 5.94. The molecule has 0 fully saturated rings. The molecule has 0 aliphatic heterocycles. The van der Waals surface area contributed by atoms with Crippen molar-refractivity contribution in [2.75, 3.05) is 19.6 Å². The first kappa shape index (κ1) is 18.4. The Kier molecular flexibility index (Phi) is 7.43. The molecule has 0 bridgehead atoms. The van der Waals surface area contributed by atoms with Crippen LogP contribution < -0.4 is 16.0 Å². The molecule has 0 heterocycles. The van der Waals surface area contributed by atoms with Crippen molar-refractivity contribution in [2.24, 2.45) is 4.99 Å². The first-order valence-electron chi connectivity index (χ1n) is 8.29. The highest BCUT2D eigenvalue weighted by Gasteiger charge is 2.03. The van der Waals surface area contributed by atoms with Gasteiger partial charge in [0.2, 0.25) is 0 Å². The number of rotatable bonds is 7. The molecule has 0 spiro atoms. The summed E-state index contributed by atoms with van der Waals surface area (Å²) in [7, 11) is 0. The molecule has 0 atom stereocenters. The maximum Gasteiger partial charge on any atom is 0.251 e. The molecule has 3 N–H and O–H groups in total. The number of guanidine groups is 1. The second-order valence-corrected chi connectivity index (χ2v) is 5.37. The van der Waals surface area contributed by atoms with Gasteiger partial charge < -0.3 is 16.0 Å². The number of hydrogen-bond donors (Lipinski definition) is 3. The van der Waals surface area contributed by atoms with Crippen LogP contribution in [-0.4, -0.2) is 31.5 Å². The first-order chi connectivity index (χ1) is 12.2. The Morgan fingerprint density at radius 1 is 0.960 bits per heavy atom. The third-order valence-corrected chi connectivity index (χ3v) is 3.42. The van der Waals surface area contributed by atoms with Crippen LogP contribution in [0.15, 0.2) is 59.6 Å². The van der Waals surface area contributed by atoms with E-state index in [1.807, 2.05) is 25.1 Å². The Morgan fingerprint density at radius 3 is 2.32 bits per heavy atom. The highest BCUT2D eigenvalue weighted by Crippen LogP contribution is 2.03. The number of amides is 1. The molecule has 0 aliphatic carbocycles. The van der Waals surface area contributed by atoms with E-state index in [9.17, 15) is 9.18 Å². The van der Waals surface area contributed by atoms with Crippen LogP contribution in [0.5, 0.6) is 0 Å². The van der Waals surface area contributed by atoms with Crippen molar-refractivity contribution in [3.63, 3.8) is 0 Å². The molecule has 0 saturated heterocycles. The summed E-state index contributed by atoms with van der Waals surface area (Å²) in [5.41, 5.74) is 1.57. The van der Waals surface area contributed by atoms with Crippen LogP contribution in [-0.2, 0) is 6.54 Å². The zero-order chi connectivity index (χ0) is 17.9. The topological polar surface area (TPSA) is 65.5 Å². The zero-order valence-corrected chi connectivity index (χ0v) is 14.3. The van der Waals surface area contributed by atoms with Gasteiger partial charge in [0.25, 0.3) is 5.91 Å². The van der Waals surface area contributed by atoms with E-state index in [0.29, 0.717) is 31.2 Å². The predicted molar refractivity (Wildman–Crippen MR) is 98.0 cm³/mol. The highest BCUT2D eigenvalue weighted by atomic mass is 19.1. The lowest BCUT2D eigenvalue weighted by molar-refractivity contribution is 0.0954. The van der Waals surface area contributed by atoms with Crippen molar-refractivity contribution in [3.8, 4) is 0 Å².